The van der Waals surface area contributed by atoms with E-state index in [0.717, 1.165) is 0 Å². The number of benzene rings is 1. The second-order valence-electron chi connectivity index (χ2n) is 4.65. The molecule has 0 radical (unpaired) electrons. The lowest BCUT2D eigenvalue weighted by Gasteiger charge is -2.24. The Labute approximate surface area is 117 Å². The zero-order valence-electron chi connectivity index (χ0n) is 11.0. The van der Waals surface area contributed by atoms with E-state index in [0.29, 0.717) is 13.1 Å². The summed E-state index contributed by atoms with van der Waals surface area (Å²) in [5.41, 5.74) is -0.0499. The van der Waals surface area contributed by atoms with Gasteiger partial charge in [-0.1, -0.05) is 31.5 Å². The minimum Gasteiger partial charge on any atom is -0.337 e. The smallest absolute Gasteiger partial charge is 0.256 e. The van der Waals surface area contributed by atoms with Crippen LogP contribution < -0.4 is 0 Å². The van der Waals surface area contributed by atoms with Crippen molar-refractivity contribution >= 4 is 17.5 Å². The van der Waals surface area contributed by atoms with Crippen LogP contribution in [0.15, 0.2) is 18.2 Å². The van der Waals surface area contributed by atoms with Crippen LogP contribution in [0.5, 0.6) is 0 Å². The van der Waals surface area contributed by atoms with Gasteiger partial charge in [0.2, 0.25) is 0 Å². The lowest BCUT2D eigenvalue weighted by atomic mass is 10.1. The molecule has 102 valence electrons. The summed E-state index contributed by atoms with van der Waals surface area (Å²) in [6, 6.07) is 6.33. The molecule has 1 amide bonds. The minimum absolute atomic E-state index is 0.0499. The van der Waals surface area contributed by atoms with Gasteiger partial charge >= 0.3 is 0 Å². The average molecular weight is 283 g/mol. The van der Waals surface area contributed by atoms with Gasteiger partial charge in [0.05, 0.1) is 23.1 Å². The fourth-order valence-corrected chi connectivity index (χ4v) is 1.92. The largest absolute Gasteiger partial charge is 0.337 e. The first-order chi connectivity index (χ1) is 8.97. The maximum Gasteiger partial charge on any atom is 0.256 e. The van der Waals surface area contributed by atoms with Gasteiger partial charge in [0.1, 0.15) is 0 Å². The van der Waals surface area contributed by atoms with Crippen LogP contribution in [0.1, 0.15) is 30.6 Å². The van der Waals surface area contributed by atoms with E-state index in [4.69, 9.17) is 16.9 Å². The van der Waals surface area contributed by atoms with Crippen LogP contribution in [-0.4, -0.2) is 23.9 Å². The lowest BCUT2D eigenvalue weighted by molar-refractivity contribution is 0.0735. The summed E-state index contributed by atoms with van der Waals surface area (Å²) in [4.78, 5) is 13.8. The standard InChI is InChI=1S/C14H16ClFN2O/c1-10(2)9-18(8-4-7-17)14(19)11-5-3-6-12(15)13(11)16/h3,5-6,10H,4,8-9H2,1-2H3. The molecule has 0 bridgehead atoms. The number of carbonyl (C=O) groups excluding carboxylic acids is 1. The van der Waals surface area contributed by atoms with E-state index < -0.39 is 11.7 Å². The van der Waals surface area contributed by atoms with Crippen LogP contribution in [0.3, 0.4) is 0 Å². The molecule has 19 heavy (non-hydrogen) atoms. The Morgan fingerprint density at radius 3 is 2.79 bits per heavy atom. The third kappa shape index (κ3) is 4.22. The van der Waals surface area contributed by atoms with E-state index in [2.05, 4.69) is 0 Å². The van der Waals surface area contributed by atoms with Crippen molar-refractivity contribution in [1.29, 1.82) is 5.26 Å². The molecule has 0 saturated carbocycles. The number of nitriles is 1. The highest BCUT2D eigenvalue weighted by Gasteiger charge is 2.21. The van der Waals surface area contributed by atoms with Crippen molar-refractivity contribution in [2.75, 3.05) is 13.1 Å². The molecule has 0 heterocycles. The number of rotatable bonds is 5. The van der Waals surface area contributed by atoms with E-state index >= 15 is 0 Å². The second-order valence-corrected chi connectivity index (χ2v) is 5.06. The Bertz CT molecular complexity index is 497. The van der Waals surface area contributed by atoms with Crippen molar-refractivity contribution in [2.24, 2.45) is 5.92 Å². The molecule has 1 aromatic rings. The van der Waals surface area contributed by atoms with E-state index in [1.807, 2.05) is 19.9 Å². The summed E-state index contributed by atoms with van der Waals surface area (Å²) in [6.45, 7) is 4.69. The maximum atomic E-state index is 13.8. The van der Waals surface area contributed by atoms with Crippen LogP contribution in [0, 0.1) is 23.1 Å². The average Bonchev–Trinajstić information content (AvgIpc) is 2.36. The fraction of sp³-hybridized carbons (Fsp3) is 0.429. The van der Waals surface area contributed by atoms with Gasteiger partial charge in [0.15, 0.2) is 5.82 Å². The highest BCUT2D eigenvalue weighted by Crippen LogP contribution is 2.19. The van der Waals surface area contributed by atoms with Crippen LogP contribution >= 0.6 is 11.6 Å². The number of carbonyl (C=O) groups is 1. The summed E-state index contributed by atoms with van der Waals surface area (Å²) in [7, 11) is 0. The normalized spacial score (nSPS) is 10.3. The molecular formula is C14H16ClFN2O. The summed E-state index contributed by atoms with van der Waals surface area (Å²) in [6.07, 6.45) is 0.223. The lowest BCUT2D eigenvalue weighted by Crippen LogP contribution is -2.35. The zero-order chi connectivity index (χ0) is 14.4. The highest BCUT2D eigenvalue weighted by molar-refractivity contribution is 6.31. The Morgan fingerprint density at radius 2 is 2.21 bits per heavy atom. The molecule has 0 unspecified atom stereocenters. The van der Waals surface area contributed by atoms with Gasteiger partial charge in [-0.05, 0) is 18.1 Å². The third-order valence-corrected chi connectivity index (χ3v) is 2.84. The summed E-state index contributed by atoms with van der Waals surface area (Å²) >= 11 is 5.67. The Hall–Kier alpha value is -1.60. The van der Waals surface area contributed by atoms with Crippen molar-refractivity contribution in [3.05, 3.63) is 34.6 Å². The molecule has 5 heteroatoms. The molecular weight excluding hydrogens is 267 g/mol. The predicted octanol–water partition coefficient (Wildman–Crippen LogP) is 3.49. The molecule has 1 aromatic carbocycles. The van der Waals surface area contributed by atoms with Crippen molar-refractivity contribution in [1.82, 2.24) is 4.90 Å². The summed E-state index contributed by atoms with van der Waals surface area (Å²) in [5.74, 6) is -0.895. The van der Waals surface area contributed by atoms with E-state index in [1.54, 1.807) is 0 Å². The van der Waals surface area contributed by atoms with Crippen LogP contribution in [0.25, 0.3) is 0 Å². The zero-order valence-corrected chi connectivity index (χ0v) is 11.7. The van der Waals surface area contributed by atoms with Crippen LogP contribution in [0.4, 0.5) is 4.39 Å². The number of amides is 1. The summed E-state index contributed by atoms with van der Waals surface area (Å²) < 4.78 is 13.8. The molecule has 0 fully saturated rings. The fourth-order valence-electron chi connectivity index (χ4n) is 1.74. The molecule has 0 saturated heterocycles. The first kappa shape index (κ1) is 15.5. The van der Waals surface area contributed by atoms with Gasteiger partial charge in [-0.3, -0.25) is 4.79 Å². The second kappa shape index (κ2) is 7.10. The van der Waals surface area contributed by atoms with Crippen LogP contribution in [0.2, 0.25) is 5.02 Å². The van der Waals surface area contributed by atoms with Crippen molar-refractivity contribution in [3.63, 3.8) is 0 Å². The molecule has 0 aliphatic heterocycles. The number of hydrogen-bond acceptors (Lipinski definition) is 2. The monoisotopic (exact) mass is 282 g/mol. The Kier molecular flexibility index (Phi) is 5.78. The molecule has 3 nitrogen and oxygen atoms in total. The first-order valence-corrected chi connectivity index (χ1v) is 6.45. The Morgan fingerprint density at radius 1 is 1.53 bits per heavy atom. The number of nitrogens with zero attached hydrogens (tertiary/aromatic N) is 2. The predicted molar refractivity (Wildman–Crippen MR) is 72.4 cm³/mol. The number of hydrogen-bond donors (Lipinski definition) is 0. The van der Waals surface area contributed by atoms with Crippen molar-refractivity contribution in [3.8, 4) is 6.07 Å². The topological polar surface area (TPSA) is 44.1 Å². The van der Waals surface area contributed by atoms with Crippen LogP contribution in [-0.2, 0) is 0 Å². The first-order valence-electron chi connectivity index (χ1n) is 6.07. The summed E-state index contributed by atoms with van der Waals surface area (Å²) in [5, 5.41) is 8.54. The van der Waals surface area contributed by atoms with Gasteiger partial charge in [0, 0.05) is 13.1 Å². The van der Waals surface area contributed by atoms with E-state index in [1.165, 1.54) is 23.1 Å². The molecule has 0 spiro atoms. The molecule has 1 rings (SSSR count). The molecule has 0 aromatic heterocycles. The third-order valence-electron chi connectivity index (χ3n) is 2.55. The quantitative estimate of drug-likeness (QED) is 0.830. The molecule has 0 N–H and O–H groups in total. The highest BCUT2D eigenvalue weighted by atomic mass is 35.5. The Balaban J connectivity index is 2.98. The van der Waals surface area contributed by atoms with E-state index in [-0.39, 0.29) is 22.9 Å². The van der Waals surface area contributed by atoms with Crippen molar-refractivity contribution in [2.45, 2.75) is 20.3 Å². The molecule has 0 aliphatic rings. The van der Waals surface area contributed by atoms with Gasteiger partial charge in [-0.15, -0.1) is 0 Å². The van der Waals surface area contributed by atoms with Gasteiger partial charge < -0.3 is 4.90 Å². The van der Waals surface area contributed by atoms with Gasteiger partial charge in [-0.2, -0.15) is 5.26 Å². The molecule has 0 aliphatic carbocycles. The van der Waals surface area contributed by atoms with Crippen molar-refractivity contribution < 1.29 is 9.18 Å². The van der Waals surface area contributed by atoms with E-state index in [9.17, 15) is 9.18 Å². The van der Waals surface area contributed by atoms with Gasteiger partial charge in [-0.25, -0.2) is 4.39 Å². The molecule has 0 atom stereocenters. The van der Waals surface area contributed by atoms with Gasteiger partial charge in [0.25, 0.3) is 5.91 Å². The minimum atomic E-state index is -0.708. The SMILES string of the molecule is CC(C)CN(CCC#N)C(=O)c1cccc(Cl)c1F. The maximum absolute atomic E-state index is 13.8. The number of halogens is 2.